The highest BCUT2D eigenvalue weighted by atomic mass is 32.2. The van der Waals surface area contributed by atoms with Gasteiger partial charge in [-0.15, -0.1) is 0 Å². The quantitative estimate of drug-likeness (QED) is 0.349. The second kappa shape index (κ2) is 11.1. The van der Waals surface area contributed by atoms with Crippen LogP contribution in [-0.4, -0.2) is 79.2 Å². The second-order valence-corrected chi connectivity index (χ2v) is 16.9. The number of likely N-dealkylation sites (tertiary alicyclic amines) is 1. The predicted molar refractivity (Wildman–Crippen MR) is 182 cm³/mol. The molecule has 2 saturated carbocycles. The highest BCUT2D eigenvalue weighted by molar-refractivity contribution is 7.90. The molecule has 4 fully saturated rings. The molecule has 2 bridgehead atoms. The predicted octanol–water partition coefficient (Wildman–Crippen LogP) is 5.72. The Morgan fingerprint density at radius 2 is 1.74 bits per heavy atom. The summed E-state index contributed by atoms with van der Waals surface area (Å²) >= 11 is 0. The minimum absolute atomic E-state index is 0.00951. The van der Waals surface area contributed by atoms with Crippen molar-refractivity contribution in [2.45, 2.75) is 106 Å². The molecule has 47 heavy (non-hydrogen) atoms. The maximum atomic E-state index is 15.3. The van der Waals surface area contributed by atoms with Crippen LogP contribution in [0.25, 0.3) is 22.2 Å². The molecule has 0 radical (unpaired) electrons. The number of hydrogen-bond acceptors (Lipinski definition) is 6. The van der Waals surface area contributed by atoms with Gasteiger partial charge in [0.15, 0.2) is 0 Å². The Bertz CT molecular complexity index is 1880. The average Bonchev–Trinajstić information content (AvgIpc) is 3.66. The molecular weight excluding hydrogens is 612 g/mol. The average molecular weight is 659 g/mol. The molecule has 4 heterocycles. The van der Waals surface area contributed by atoms with E-state index >= 15 is 4.79 Å². The smallest absolute Gasteiger partial charge is 0.264 e. The normalized spacial score (nSPS) is 27.6. The van der Waals surface area contributed by atoms with Gasteiger partial charge in [-0.2, -0.15) is 0 Å². The van der Waals surface area contributed by atoms with Gasteiger partial charge in [-0.25, -0.2) is 13.1 Å². The zero-order valence-corrected chi connectivity index (χ0v) is 28.7. The molecule has 0 spiro atoms. The summed E-state index contributed by atoms with van der Waals surface area (Å²) in [5.41, 5.74) is 5.02. The van der Waals surface area contributed by atoms with Crippen LogP contribution >= 0.6 is 0 Å². The summed E-state index contributed by atoms with van der Waals surface area (Å²) in [6, 6.07) is 12.3. The number of fused-ring (bicyclic) bond motifs is 10. The molecule has 2 aromatic carbocycles. The fourth-order valence-corrected chi connectivity index (χ4v) is 10.5. The van der Waals surface area contributed by atoms with Crippen LogP contribution < -0.4 is 9.46 Å². The zero-order chi connectivity index (χ0) is 32.8. The molecule has 5 aliphatic rings. The molecule has 3 unspecified atom stereocenters. The number of ether oxygens (including phenoxy) is 1. The number of carbonyl (C=O) groups excluding carboxylic acids is 2. The van der Waals surface area contributed by atoms with Gasteiger partial charge in [-0.05, 0) is 99.9 Å². The molecule has 2 saturated heterocycles. The van der Waals surface area contributed by atoms with Crippen molar-refractivity contribution < 1.29 is 22.7 Å². The molecular formula is C37H46N4O5S. The van der Waals surface area contributed by atoms with E-state index in [2.05, 4.69) is 38.3 Å². The van der Waals surface area contributed by atoms with Crippen molar-refractivity contribution in [2.24, 2.45) is 0 Å². The van der Waals surface area contributed by atoms with Gasteiger partial charge in [0.25, 0.3) is 5.91 Å². The van der Waals surface area contributed by atoms with Crippen molar-refractivity contribution in [1.82, 2.24) is 19.1 Å². The number of carbonyl (C=O) groups is 2. The highest BCUT2D eigenvalue weighted by Crippen LogP contribution is 2.67. The number of rotatable bonds is 7. The SMILES string of the molecule is CC[C@H](C)S(=O)(=O)NC(=O)c1ccc2c(C3CCCCC3)c3n(c2c1)[C@]1(C(=O)N2C4CCC2CN(C)C4)CC1c1cc(OC)ccc1-3. The van der Waals surface area contributed by atoms with Gasteiger partial charge >= 0.3 is 0 Å². The minimum atomic E-state index is -3.82. The summed E-state index contributed by atoms with van der Waals surface area (Å²) in [5.74, 6) is 0.684. The lowest BCUT2D eigenvalue weighted by molar-refractivity contribution is -0.142. The lowest BCUT2D eigenvalue weighted by Crippen LogP contribution is -2.58. The summed E-state index contributed by atoms with van der Waals surface area (Å²) in [6.45, 7) is 5.17. The van der Waals surface area contributed by atoms with Crippen molar-refractivity contribution in [3.8, 4) is 17.0 Å². The van der Waals surface area contributed by atoms with Crippen LogP contribution in [0.3, 0.4) is 0 Å². The first-order valence-electron chi connectivity index (χ1n) is 17.5. The van der Waals surface area contributed by atoms with E-state index < -0.39 is 26.7 Å². The fourth-order valence-electron chi connectivity index (χ4n) is 9.49. The van der Waals surface area contributed by atoms with E-state index in [0.29, 0.717) is 24.3 Å². The number of nitrogens with one attached hydrogen (secondary N) is 1. The summed E-state index contributed by atoms with van der Waals surface area (Å²) in [6.07, 6.45) is 8.86. The largest absolute Gasteiger partial charge is 0.497 e. The van der Waals surface area contributed by atoms with Crippen LogP contribution in [0.4, 0.5) is 0 Å². The lowest BCUT2D eigenvalue weighted by atomic mass is 9.80. The number of likely N-dealkylation sites (N-methyl/N-ethyl adjacent to an activating group) is 1. The monoisotopic (exact) mass is 658 g/mol. The van der Waals surface area contributed by atoms with Crippen molar-refractivity contribution >= 4 is 32.7 Å². The Balaban J connectivity index is 1.35. The zero-order valence-electron chi connectivity index (χ0n) is 27.9. The number of aromatic nitrogens is 1. The van der Waals surface area contributed by atoms with Crippen LogP contribution in [0.5, 0.6) is 5.75 Å². The van der Waals surface area contributed by atoms with Crippen molar-refractivity contribution in [3.63, 3.8) is 0 Å². The Hall–Kier alpha value is -3.37. The van der Waals surface area contributed by atoms with Crippen molar-refractivity contribution in [2.75, 3.05) is 27.2 Å². The summed E-state index contributed by atoms with van der Waals surface area (Å²) in [4.78, 5) is 33.4. The molecule has 3 aliphatic heterocycles. The first kappa shape index (κ1) is 30.9. The van der Waals surface area contributed by atoms with E-state index in [-0.39, 0.29) is 23.9 Å². The summed E-state index contributed by atoms with van der Waals surface area (Å²) < 4.78 is 36.2. The van der Waals surface area contributed by atoms with Crippen LogP contribution in [0, 0.1) is 0 Å². The van der Waals surface area contributed by atoms with Gasteiger partial charge < -0.3 is 19.1 Å². The van der Waals surface area contributed by atoms with Gasteiger partial charge in [0.2, 0.25) is 15.9 Å². The number of benzene rings is 2. The van der Waals surface area contributed by atoms with Crippen molar-refractivity contribution in [3.05, 3.63) is 53.1 Å². The Labute approximate surface area is 277 Å². The fraction of sp³-hybridized carbons (Fsp3) is 0.568. The maximum Gasteiger partial charge on any atom is 0.264 e. The van der Waals surface area contributed by atoms with Crippen molar-refractivity contribution in [1.29, 1.82) is 0 Å². The minimum Gasteiger partial charge on any atom is -0.497 e. The molecule has 3 aromatic rings. The molecule has 8 rings (SSSR count). The molecule has 5 atom stereocenters. The number of piperazine rings is 1. The molecule has 1 N–H and O–H groups in total. The lowest BCUT2D eigenvalue weighted by Gasteiger charge is -2.43. The van der Waals surface area contributed by atoms with Crippen LogP contribution in [-0.2, 0) is 20.4 Å². The maximum absolute atomic E-state index is 15.3. The third kappa shape index (κ3) is 4.60. The molecule has 1 aromatic heterocycles. The number of methoxy groups -OCH3 is 1. The molecule has 250 valence electrons. The first-order chi connectivity index (χ1) is 22.6. The number of hydrogen-bond donors (Lipinski definition) is 1. The standard InChI is InChI=1S/C37H46N4O5S/c1-5-22(2)47(44,45)38-35(42)24-11-15-29-32(17-24)41-34(33(29)23-9-7-6-8-10-23)28-16-14-27(46-4)18-30(28)31-19-37(31,41)36(43)40-25-12-13-26(40)21-39(3)20-25/h11,14-18,22-23,25-26,31H,5-10,12-13,19-21H2,1-4H3,(H,38,42)/t22-,25?,26?,31?,37+/m0/s1. The summed E-state index contributed by atoms with van der Waals surface area (Å²) in [7, 11) is 0.0178. The molecule has 2 aliphatic carbocycles. The number of nitrogens with zero attached hydrogens (tertiary/aromatic N) is 3. The highest BCUT2D eigenvalue weighted by Gasteiger charge is 2.68. The van der Waals surface area contributed by atoms with Gasteiger partial charge in [0, 0.05) is 47.6 Å². The number of amides is 2. The van der Waals surface area contributed by atoms with Crippen LogP contribution in [0.1, 0.15) is 105 Å². The molecule has 10 heteroatoms. The number of sulfonamides is 1. The van der Waals surface area contributed by atoms with E-state index in [1.54, 1.807) is 27.0 Å². The third-order valence-electron chi connectivity index (χ3n) is 12.1. The van der Waals surface area contributed by atoms with Gasteiger partial charge in [-0.1, -0.05) is 32.3 Å². The molecule has 9 nitrogen and oxygen atoms in total. The van der Waals surface area contributed by atoms with Crippen LogP contribution in [0.2, 0.25) is 0 Å². The van der Waals surface area contributed by atoms with Crippen LogP contribution in [0.15, 0.2) is 36.4 Å². The van der Waals surface area contributed by atoms with E-state index in [0.717, 1.165) is 79.5 Å². The van der Waals surface area contributed by atoms with Gasteiger partial charge in [0.05, 0.1) is 23.6 Å². The van der Waals surface area contributed by atoms with E-state index in [1.807, 2.05) is 18.2 Å². The van der Waals surface area contributed by atoms with E-state index in [9.17, 15) is 13.2 Å². The molecule has 2 amide bonds. The van der Waals surface area contributed by atoms with E-state index in [1.165, 1.54) is 17.5 Å². The first-order valence-corrected chi connectivity index (χ1v) is 19.1. The van der Waals surface area contributed by atoms with Gasteiger partial charge in [0.1, 0.15) is 11.3 Å². The topological polar surface area (TPSA) is 101 Å². The Morgan fingerprint density at radius 3 is 2.43 bits per heavy atom. The van der Waals surface area contributed by atoms with Gasteiger partial charge in [-0.3, -0.25) is 9.59 Å². The second-order valence-electron chi connectivity index (χ2n) is 14.8. The Morgan fingerprint density at radius 1 is 1.02 bits per heavy atom. The Kier molecular flexibility index (Phi) is 7.30. The third-order valence-corrected chi connectivity index (χ3v) is 14.0. The summed E-state index contributed by atoms with van der Waals surface area (Å²) in [5, 5.41) is 0.380. The van der Waals surface area contributed by atoms with E-state index in [4.69, 9.17) is 4.74 Å².